The van der Waals surface area contributed by atoms with E-state index in [1.165, 1.54) is 6.07 Å². The van der Waals surface area contributed by atoms with Gasteiger partial charge in [-0.3, -0.25) is 10.1 Å². The number of nitro groups is 1. The first-order chi connectivity index (χ1) is 8.63. The van der Waals surface area contributed by atoms with Gasteiger partial charge in [0.25, 0.3) is 5.69 Å². The second-order valence-electron chi connectivity index (χ2n) is 3.77. The Morgan fingerprint density at radius 3 is 2.94 bits per heavy atom. The molecule has 0 radical (unpaired) electrons. The molecule has 0 amide bonds. The Labute approximate surface area is 112 Å². The molecular weight excluding hydrogens is 300 g/mol. The lowest BCUT2D eigenvalue weighted by Gasteiger charge is -2.04. The van der Waals surface area contributed by atoms with Crippen LogP contribution in [0.25, 0.3) is 5.69 Å². The van der Waals surface area contributed by atoms with Gasteiger partial charge >= 0.3 is 0 Å². The van der Waals surface area contributed by atoms with E-state index in [0.717, 1.165) is 17.4 Å². The third kappa shape index (κ3) is 2.40. The number of aromatic nitrogens is 3. The number of alkyl halides is 1. The first-order valence-electron chi connectivity index (χ1n) is 5.35. The highest BCUT2D eigenvalue weighted by atomic mass is 79.9. The lowest BCUT2D eigenvalue weighted by Crippen LogP contribution is -2.01. The van der Waals surface area contributed by atoms with Crippen LogP contribution in [0, 0.1) is 17.0 Å². The molecule has 94 valence electrons. The summed E-state index contributed by atoms with van der Waals surface area (Å²) in [6, 6.07) is 4.91. The average molecular weight is 311 g/mol. The van der Waals surface area contributed by atoms with E-state index in [1.54, 1.807) is 29.9 Å². The van der Waals surface area contributed by atoms with Crippen LogP contribution < -0.4 is 0 Å². The summed E-state index contributed by atoms with van der Waals surface area (Å²) in [5.74, 6) is 0. The van der Waals surface area contributed by atoms with Gasteiger partial charge in [0.1, 0.15) is 0 Å². The normalized spacial score (nSPS) is 10.6. The molecular formula is C11H11BrN4O2. The van der Waals surface area contributed by atoms with E-state index < -0.39 is 4.92 Å². The van der Waals surface area contributed by atoms with E-state index in [-0.39, 0.29) is 5.69 Å². The molecule has 0 saturated heterocycles. The highest BCUT2D eigenvalue weighted by Gasteiger charge is 2.15. The van der Waals surface area contributed by atoms with Gasteiger partial charge < -0.3 is 0 Å². The molecule has 1 aromatic heterocycles. The van der Waals surface area contributed by atoms with Crippen LogP contribution in [-0.4, -0.2) is 25.2 Å². The molecule has 0 unspecified atom stereocenters. The minimum atomic E-state index is -0.394. The van der Waals surface area contributed by atoms with Gasteiger partial charge in [-0.15, -0.1) is 5.10 Å². The smallest absolute Gasteiger partial charge is 0.258 e. The Kier molecular flexibility index (Phi) is 3.71. The van der Waals surface area contributed by atoms with Gasteiger partial charge in [-0.1, -0.05) is 27.2 Å². The molecule has 0 saturated carbocycles. The summed E-state index contributed by atoms with van der Waals surface area (Å²) in [6.07, 6.45) is 2.56. The predicted molar refractivity (Wildman–Crippen MR) is 70.2 cm³/mol. The Morgan fingerprint density at radius 1 is 1.50 bits per heavy atom. The summed E-state index contributed by atoms with van der Waals surface area (Å²) < 4.78 is 1.57. The molecule has 0 spiro atoms. The SMILES string of the molecule is Cc1c(-n2cc(CCBr)nn2)cccc1[N+](=O)[O-]. The van der Waals surface area contributed by atoms with Crippen molar-refractivity contribution in [1.82, 2.24) is 15.0 Å². The van der Waals surface area contributed by atoms with Crippen molar-refractivity contribution in [3.63, 3.8) is 0 Å². The van der Waals surface area contributed by atoms with E-state index in [9.17, 15) is 10.1 Å². The molecule has 0 atom stereocenters. The number of nitro benzene ring substituents is 1. The Bertz CT molecular complexity index is 582. The number of hydrogen-bond donors (Lipinski definition) is 0. The fourth-order valence-electron chi connectivity index (χ4n) is 1.69. The first-order valence-corrected chi connectivity index (χ1v) is 6.47. The van der Waals surface area contributed by atoms with Gasteiger partial charge in [-0.25, -0.2) is 4.68 Å². The highest BCUT2D eigenvalue weighted by Crippen LogP contribution is 2.23. The van der Waals surface area contributed by atoms with Crippen LogP contribution in [0.4, 0.5) is 5.69 Å². The quantitative estimate of drug-likeness (QED) is 0.494. The fraction of sp³-hybridized carbons (Fsp3) is 0.273. The fourth-order valence-corrected chi connectivity index (χ4v) is 2.09. The minimum absolute atomic E-state index is 0.0880. The third-order valence-corrected chi connectivity index (χ3v) is 3.01. The Morgan fingerprint density at radius 2 is 2.28 bits per heavy atom. The van der Waals surface area contributed by atoms with Crippen molar-refractivity contribution in [2.45, 2.75) is 13.3 Å². The van der Waals surface area contributed by atoms with E-state index in [0.29, 0.717) is 11.3 Å². The van der Waals surface area contributed by atoms with Crippen molar-refractivity contribution in [2.24, 2.45) is 0 Å². The van der Waals surface area contributed by atoms with Crippen LogP contribution in [0.3, 0.4) is 0 Å². The van der Waals surface area contributed by atoms with Crippen LogP contribution in [0.1, 0.15) is 11.3 Å². The van der Waals surface area contributed by atoms with Gasteiger partial charge in [-0.2, -0.15) is 0 Å². The van der Waals surface area contributed by atoms with Gasteiger partial charge in [0.05, 0.1) is 28.1 Å². The molecule has 6 nitrogen and oxygen atoms in total. The average Bonchev–Trinajstić information content (AvgIpc) is 2.78. The van der Waals surface area contributed by atoms with Crippen molar-refractivity contribution in [3.05, 3.63) is 45.8 Å². The van der Waals surface area contributed by atoms with Gasteiger partial charge in [0.15, 0.2) is 0 Å². The highest BCUT2D eigenvalue weighted by molar-refractivity contribution is 9.09. The lowest BCUT2D eigenvalue weighted by atomic mass is 10.1. The molecule has 2 rings (SSSR count). The molecule has 0 fully saturated rings. The lowest BCUT2D eigenvalue weighted by molar-refractivity contribution is -0.385. The molecule has 18 heavy (non-hydrogen) atoms. The monoisotopic (exact) mass is 310 g/mol. The number of hydrogen-bond acceptors (Lipinski definition) is 4. The molecule has 0 aliphatic heterocycles. The van der Waals surface area contributed by atoms with Crippen molar-refractivity contribution in [3.8, 4) is 5.69 Å². The third-order valence-electron chi connectivity index (χ3n) is 2.61. The van der Waals surface area contributed by atoms with E-state index in [2.05, 4.69) is 26.2 Å². The van der Waals surface area contributed by atoms with Crippen LogP contribution in [0.5, 0.6) is 0 Å². The maximum atomic E-state index is 10.9. The second-order valence-corrected chi connectivity index (χ2v) is 4.56. The van der Waals surface area contributed by atoms with Gasteiger partial charge in [-0.05, 0) is 13.0 Å². The maximum Gasteiger partial charge on any atom is 0.274 e. The van der Waals surface area contributed by atoms with Gasteiger partial charge in [0.2, 0.25) is 0 Å². The topological polar surface area (TPSA) is 73.8 Å². The zero-order valence-electron chi connectivity index (χ0n) is 9.71. The minimum Gasteiger partial charge on any atom is -0.258 e. The van der Waals surface area contributed by atoms with Crippen molar-refractivity contribution in [2.75, 3.05) is 5.33 Å². The number of rotatable bonds is 4. The number of benzene rings is 1. The number of aryl methyl sites for hydroxylation is 1. The summed E-state index contributed by atoms with van der Waals surface area (Å²) >= 11 is 3.33. The molecule has 7 heteroatoms. The molecule has 2 aromatic rings. The molecule has 1 aromatic carbocycles. The molecule has 1 heterocycles. The van der Waals surface area contributed by atoms with Crippen molar-refractivity contribution < 1.29 is 4.92 Å². The summed E-state index contributed by atoms with van der Waals surface area (Å²) in [5.41, 5.74) is 2.19. The number of nitrogens with zero attached hydrogens (tertiary/aromatic N) is 4. The van der Waals surface area contributed by atoms with Crippen LogP contribution in [0.15, 0.2) is 24.4 Å². The Balaban J connectivity index is 2.43. The van der Waals surface area contributed by atoms with Crippen LogP contribution in [0.2, 0.25) is 0 Å². The van der Waals surface area contributed by atoms with Crippen molar-refractivity contribution >= 4 is 21.6 Å². The summed E-state index contributed by atoms with van der Waals surface area (Å²) in [7, 11) is 0. The summed E-state index contributed by atoms with van der Waals surface area (Å²) in [4.78, 5) is 10.5. The second kappa shape index (κ2) is 5.26. The zero-order valence-corrected chi connectivity index (χ0v) is 11.3. The largest absolute Gasteiger partial charge is 0.274 e. The predicted octanol–water partition coefficient (Wildman–Crippen LogP) is 2.42. The standard InChI is InChI=1S/C11H11BrN4O2/c1-8-10(3-2-4-11(8)16(17)18)15-7-9(5-6-12)13-14-15/h2-4,7H,5-6H2,1H3. The molecule has 0 aliphatic rings. The van der Waals surface area contributed by atoms with Crippen LogP contribution >= 0.6 is 15.9 Å². The van der Waals surface area contributed by atoms with E-state index in [4.69, 9.17) is 0 Å². The number of halogens is 1. The summed E-state index contributed by atoms with van der Waals surface area (Å²) in [6.45, 7) is 1.71. The molecule has 0 bridgehead atoms. The molecule has 0 aliphatic carbocycles. The van der Waals surface area contributed by atoms with E-state index in [1.807, 2.05) is 0 Å². The Hall–Kier alpha value is -1.76. The maximum absolute atomic E-state index is 10.9. The first kappa shape index (κ1) is 12.7. The van der Waals surface area contributed by atoms with Crippen LogP contribution in [-0.2, 0) is 6.42 Å². The molecule has 0 N–H and O–H groups in total. The summed E-state index contributed by atoms with van der Waals surface area (Å²) in [5, 5.41) is 19.7. The van der Waals surface area contributed by atoms with Gasteiger partial charge in [0, 0.05) is 17.8 Å². The van der Waals surface area contributed by atoms with Crippen molar-refractivity contribution in [1.29, 1.82) is 0 Å². The zero-order chi connectivity index (χ0) is 13.1. The van der Waals surface area contributed by atoms with E-state index >= 15 is 0 Å².